The SMILES string of the molecule is CC(C)CCC(=O)NCC(CO)OC=O.[V]. The molecular formula is C10H19NO4V. The fourth-order valence-corrected chi connectivity index (χ4v) is 0.970. The Hall–Kier alpha value is -0.516. The first-order valence-electron chi connectivity index (χ1n) is 5.06. The Morgan fingerprint density at radius 2 is 2.12 bits per heavy atom. The van der Waals surface area contributed by atoms with Crippen molar-refractivity contribution >= 4 is 12.4 Å². The van der Waals surface area contributed by atoms with Gasteiger partial charge >= 0.3 is 0 Å². The molecule has 0 heterocycles. The summed E-state index contributed by atoms with van der Waals surface area (Å²) in [6.45, 7) is 4.22. The molecule has 1 unspecified atom stereocenters. The van der Waals surface area contributed by atoms with E-state index >= 15 is 0 Å². The van der Waals surface area contributed by atoms with Crippen LogP contribution in [0.1, 0.15) is 26.7 Å². The second-order valence-corrected chi connectivity index (χ2v) is 3.77. The maximum absolute atomic E-state index is 11.2. The van der Waals surface area contributed by atoms with Gasteiger partial charge in [0, 0.05) is 25.0 Å². The fourth-order valence-electron chi connectivity index (χ4n) is 0.970. The molecule has 1 radical (unpaired) electrons. The zero-order chi connectivity index (χ0) is 11.7. The summed E-state index contributed by atoms with van der Waals surface area (Å²) in [5, 5.41) is 11.3. The van der Waals surface area contributed by atoms with Crippen LogP contribution >= 0.6 is 0 Å². The zero-order valence-corrected chi connectivity index (χ0v) is 11.1. The predicted molar refractivity (Wildman–Crippen MR) is 55.1 cm³/mol. The van der Waals surface area contributed by atoms with Gasteiger partial charge in [-0.2, -0.15) is 0 Å². The summed E-state index contributed by atoms with van der Waals surface area (Å²) in [6, 6.07) is 0. The third kappa shape index (κ3) is 10.0. The van der Waals surface area contributed by atoms with Crippen molar-refractivity contribution in [2.45, 2.75) is 32.8 Å². The molecule has 2 N–H and O–H groups in total. The van der Waals surface area contributed by atoms with Crippen molar-refractivity contribution in [3.8, 4) is 0 Å². The van der Waals surface area contributed by atoms with Crippen molar-refractivity contribution in [3.05, 3.63) is 0 Å². The average molecular weight is 268 g/mol. The van der Waals surface area contributed by atoms with E-state index in [9.17, 15) is 9.59 Å². The van der Waals surface area contributed by atoms with Crippen molar-refractivity contribution in [3.63, 3.8) is 0 Å². The molecule has 93 valence electrons. The van der Waals surface area contributed by atoms with Crippen LogP contribution in [0.3, 0.4) is 0 Å². The van der Waals surface area contributed by atoms with Gasteiger partial charge in [0.05, 0.1) is 13.2 Å². The Kier molecular flexibility index (Phi) is 12.3. The van der Waals surface area contributed by atoms with Crippen LogP contribution in [-0.4, -0.2) is 36.7 Å². The fraction of sp³-hybridized carbons (Fsp3) is 0.800. The van der Waals surface area contributed by atoms with Crippen molar-refractivity contribution < 1.29 is 38.0 Å². The van der Waals surface area contributed by atoms with Gasteiger partial charge in [0.15, 0.2) is 0 Å². The van der Waals surface area contributed by atoms with Crippen LogP contribution in [0.25, 0.3) is 0 Å². The van der Waals surface area contributed by atoms with Crippen molar-refractivity contribution in [2.75, 3.05) is 13.2 Å². The summed E-state index contributed by atoms with van der Waals surface area (Å²) in [5.74, 6) is 0.396. The number of hydrogen-bond acceptors (Lipinski definition) is 4. The molecule has 0 rings (SSSR count). The van der Waals surface area contributed by atoms with Crippen LogP contribution in [0, 0.1) is 5.92 Å². The maximum atomic E-state index is 11.2. The number of carbonyl (C=O) groups excluding carboxylic acids is 2. The van der Waals surface area contributed by atoms with Crippen LogP contribution in [0.5, 0.6) is 0 Å². The van der Waals surface area contributed by atoms with Gasteiger partial charge in [0.1, 0.15) is 6.10 Å². The topological polar surface area (TPSA) is 75.6 Å². The van der Waals surface area contributed by atoms with E-state index in [4.69, 9.17) is 5.11 Å². The molecular weight excluding hydrogens is 249 g/mol. The molecule has 5 nitrogen and oxygen atoms in total. The molecule has 0 aliphatic carbocycles. The number of rotatable bonds is 8. The first-order chi connectivity index (χ1) is 7.10. The molecule has 0 fully saturated rings. The van der Waals surface area contributed by atoms with Gasteiger partial charge in [-0.1, -0.05) is 13.8 Å². The minimum Gasteiger partial charge on any atom is -0.460 e. The molecule has 6 heteroatoms. The quantitative estimate of drug-likeness (QED) is 0.611. The number of aliphatic hydroxyl groups excluding tert-OH is 1. The van der Waals surface area contributed by atoms with E-state index in [1.807, 2.05) is 13.8 Å². The number of amides is 1. The van der Waals surface area contributed by atoms with Gasteiger partial charge in [-0.3, -0.25) is 9.59 Å². The van der Waals surface area contributed by atoms with E-state index in [0.717, 1.165) is 6.42 Å². The molecule has 0 aromatic carbocycles. The molecule has 0 saturated heterocycles. The third-order valence-corrected chi connectivity index (χ3v) is 1.93. The zero-order valence-electron chi connectivity index (χ0n) is 9.68. The Bertz CT molecular complexity index is 199. The molecule has 1 atom stereocenters. The summed E-state index contributed by atoms with van der Waals surface area (Å²) in [7, 11) is 0. The van der Waals surface area contributed by atoms with E-state index in [-0.39, 0.29) is 44.1 Å². The van der Waals surface area contributed by atoms with Gasteiger partial charge in [0.2, 0.25) is 5.91 Å². The standard InChI is InChI=1S/C10H19NO4.V/c1-8(2)3-4-10(14)11-5-9(6-12)15-7-13;/h7-9,12H,3-6H2,1-2H3,(H,11,14);. The minimum absolute atomic E-state index is 0. The van der Waals surface area contributed by atoms with E-state index in [1.165, 1.54) is 0 Å². The van der Waals surface area contributed by atoms with Gasteiger partial charge in [-0.25, -0.2) is 0 Å². The third-order valence-electron chi connectivity index (χ3n) is 1.93. The predicted octanol–water partition coefficient (Wildman–Crippen LogP) is 0.0702. The summed E-state index contributed by atoms with van der Waals surface area (Å²) in [5.41, 5.74) is 0. The van der Waals surface area contributed by atoms with Crippen LogP contribution in [-0.2, 0) is 32.9 Å². The summed E-state index contributed by atoms with van der Waals surface area (Å²) in [4.78, 5) is 21.2. The van der Waals surface area contributed by atoms with Gasteiger partial charge in [-0.05, 0) is 12.3 Å². The molecule has 0 saturated carbocycles. The van der Waals surface area contributed by atoms with Gasteiger partial charge < -0.3 is 15.2 Å². The molecule has 16 heavy (non-hydrogen) atoms. The van der Waals surface area contributed by atoms with E-state index < -0.39 is 6.10 Å². The van der Waals surface area contributed by atoms with Crippen LogP contribution in [0.2, 0.25) is 0 Å². The molecule has 0 aliphatic rings. The second-order valence-electron chi connectivity index (χ2n) is 3.77. The monoisotopic (exact) mass is 268 g/mol. The number of nitrogens with one attached hydrogen (secondary N) is 1. The number of carbonyl (C=O) groups is 2. The van der Waals surface area contributed by atoms with E-state index in [1.54, 1.807) is 0 Å². The van der Waals surface area contributed by atoms with E-state index in [0.29, 0.717) is 12.3 Å². The molecule has 0 spiro atoms. The van der Waals surface area contributed by atoms with Crippen LogP contribution in [0.15, 0.2) is 0 Å². The maximum Gasteiger partial charge on any atom is 0.293 e. The molecule has 1 amide bonds. The summed E-state index contributed by atoms with van der Waals surface area (Å²) >= 11 is 0. The average Bonchev–Trinajstić information content (AvgIpc) is 2.21. The molecule has 0 bridgehead atoms. The minimum atomic E-state index is -0.648. The molecule has 0 aliphatic heterocycles. The summed E-state index contributed by atoms with van der Waals surface area (Å²) in [6.07, 6.45) is 0.631. The Balaban J connectivity index is 0. The number of ether oxygens (including phenoxy) is 1. The number of aliphatic hydroxyl groups is 1. The molecule has 0 aromatic rings. The Labute approximate surface area is 108 Å². The summed E-state index contributed by atoms with van der Waals surface area (Å²) < 4.78 is 4.52. The largest absolute Gasteiger partial charge is 0.460 e. The number of hydrogen-bond donors (Lipinski definition) is 2. The van der Waals surface area contributed by atoms with Crippen molar-refractivity contribution in [1.29, 1.82) is 0 Å². The smallest absolute Gasteiger partial charge is 0.293 e. The first-order valence-corrected chi connectivity index (χ1v) is 5.06. The van der Waals surface area contributed by atoms with Crippen LogP contribution < -0.4 is 5.32 Å². The second kappa shape index (κ2) is 11.0. The molecule has 0 aromatic heterocycles. The Morgan fingerprint density at radius 3 is 2.56 bits per heavy atom. The van der Waals surface area contributed by atoms with Crippen molar-refractivity contribution in [1.82, 2.24) is 5.32 Å². The first kappa shape index (κ1) is 17.9. The van der Waals surface area contributed by atoms with Gasteiger partial charge in [0.25, 0.3) is 6.47 Å². The van der Waals surface area contributed by atoms with Crippen molar-refractivity contribution in [2.24, 2.45) is 5.92 Å². The van der Waals surface area contributed by atoms with Gasteiger partial charge in [-0.15, -0.1) is 0 Å². The van der Waals surface area contributed by atoms with Crippen LogP contribution in [0.4, 0.5) is 0 Å². The normalized spacial score (nSPS) is 11.5. The van der Waals surface area contributed by atoms with E-state index in [2.05, 4.69) is 10.1 Å². The Morgan fingerprint density at radius 1 is 1.50 bits per heavy atom.